The van der Waals surface area contributed by atoms with E-state index in [1.54, 1.807) is 4.90 Å². The molecule has 1 fully saturated rings. The van der Waals surface area contributed by atoms with Crippen LogP contribution in [0.15, 0.2) is 23.1 Å². The zero-order valence-electron chi connectivity index (χ0n) is 12.5. The third kappa shape index (κ3) is 3.45. The molecule has 8 heteroatoms. The summed E-state index contributed by atoms with van der Waals surface area (Å²) in [6.45, 7) is 3.33. The van der Waals surface area contributed by atoms with Gasteiger partial charge in [0.25, 0.3) is 5.91 Å². The molecule has 1 amide bonds. The molecular formula is C14H19FN2O4S. The van der Waals surface area contributed by atoms with Gasteiger partial charge in [0, 0.05) is 24.8 Å². The summed E-state index contributed by atoms with van der Waals surface area (Å²) in [4.78, 5) is 13.7. The number of nitrogens with zero attached hydrogens (tertiary/aromatic N) is 1. The standard InChI is InChI=1S/C14H19FN2O4S/c1-10-5-7-21-8-6-17(10)14(18)11-3-4-12(15)13(9-11)22(19,20)16-2/h3-4,9-10,16H,5-8H2,1-2H3. The van der Waals surface area contributed by atoms with E-state index in [0.717, 1.165) is 12.1 Å². The van der Waals surface area contributed by atoms with Crippen LogP contribution in [0, 0.1) is 5.82 Å². The number of nitrogens with one attached hydrogen (secondary N) is 1. The van der Waals surface area contributed by atoms with Gasteiger partial charge in [-0.2, -0.15) is 0 Å². The maximum absolute atomic E-state index is 13.7. The fourth-order valence-electron chi connectivity index (χ4n) is 2.31. The average Bonchev–Trinajstić information content (AvgIpc) is 2.71. The molecule has 0 aromatic heterocycles. The van der Waals surface area contributed by atoms with Crippen molar-refractivity contribution < 1.29 is 22.3 Å². The van der Waals surface area contributed by atoms with Crippen LogP contribution in [0.1, 0.15) is 23.7 Å². The number of ether oxygens (including phenoxy) is 1. The van der Waals surface area contributed by atoms with Gasteiger partial charge in [-0.05, 0) is 38.6 Å². The van der Waals surface area contributed by atoms with Crippen molar-refractivity contribution in [3.63, 3.8) is 0 Å². The lowest BCUT2D eigenvalue weighted by molar-refractivity contribution is 0.0687. The predicted molar refractivity (Wildman–Crippen MR) is 78.6 cm³/mol. The number of carbonyl (C=O) groups is 1. The van der Waals surface area contributed by atoms with Crippen LogP contribution < -0.4 is 4.72 Å². The third-order valence-corrected chi connectivity index (χ3v) is 5.12. The van der Waals surface area contributed by atoms with E-state index < -0.39 is 20.7 Å². The Hall–Kier alpha value is -1.51. The first-order valence-electron chi connectivity index (χ1n) is 6.98. The normalized spacial score (nSPS) is 19.8. The summed E-state index contributed by atoms with van der Waals surface area (Å²) in [5.74, 6) is -1.22. The molecule has 1 aromatic rings. The summed E-state index contributed by atoms with van der Waals surface area (Å²) in [6, 6.07) is 3.34. The minimum Gasteiger partial charge on any atom is -0.380 e. The molecule has 122 valence electrons. The van der Waals surface area contributed by atoms with E-state index in [4.69, 9.17) is 4.74 Å². The van der Waals surface area contributed by atoms with Crippen LogP contribution >= 0.6 is 0 Å². The molecular weight excluding hydrogens is 311 g/mol. The molecule has 6 nitrogen and oxygen atoms in total. The SMILES string of the molecule is CNS(=O)(=O)c1cc(C(=O)N2CCOCCC2C)ccc1F. The van der Waals surface area contributed by atoms with Gasteiger partial charge in [0.2, 0.25) is 10.0 Å². The molecule has 1 aromatic carbocycles. The van der Waals surface area contributed by atoms with Crippen molar-refractivity contribution in [2.45, 2.75) is 24.3 Å². The van der Waals surface area contributed by atoms with E-state index in [1.807, 2.05) is 6.92 Å². The lowest BCUT2D eigenvalue weighted by Gasteiger charge is -2.26. The lowest BCUT2D eigenvalue weighted by Crippen LogP contribution is -2.39. The summed E-state index contributed by atoms with van der Waals surface area (Å²) in [5.41, 5.74) is 0.143. The number of carbonyl (C=O) groups excluding carboxylic acids is 1. The number of hydrogen-bond acceptors (Lipinski definition) is 4. The van der Waals surface area contributed by atoms with Crippen molar-refractivity contribution in [1.29, 1.82) is 0 Å². The van der Waals surface area contributed by atoms with E-state index in [9.17, 15) is 17.6 Å². The second-order valence-corrected chi connectivity index (χ2v) is 6.96. The first-order chi connectivity index (χ1) is 10.4. The van der Waals surface area contributed by atoms with Gasteiger partial charge in [-0.3, -0.25) is 4.79 Å². The van der Waals surface area contributed by atoms with Crippen LogP contribution in [0.25, 0.3) is 0 Å². The molecule has 0 aliphatic carbocycles. The Balaban J connectivity index is 2.36. The number of sulfonamides is 1. The molecule has 1 unspecified atom stereocenters. The summed E-state index contributed by atoms with van der Waals surface area (Å²) in [7, 11) is -2.76. The van der Waals surface area contributed by atoms with E-state index in [0.29, 0.717) is 26.2 Å². The molecule has 22 heavy (non-hydrogen) atoms. The molecule has 1 aliphatic rings. The third-order valence-electron chi connectivity index (χ3n) is 3.69. The molecule has 2 rings (SSSR count). The Morgan fingerprint density at radius 3 is 2.82 bits per heavy atom. The molecule has 1 aliphatic heterocycles. The Morgan fingerprint density at radius 1 is 1.41 bits per heavy atom. The Kier molecular flexibility index (Phi) is 5.15. The molecule has 1 heterocycles. The molecule has 0 bridgehead atoms. The highest BCUT2D eigenvalue weighted by Crippen LogP contribution is 2.19. The highest BCUT2D eigenvalue weighted by Gasteiger charge is 2.26. The lowest BCUT2D eigenvalue weighted by atomic mass is 10.1. The van der Waals surface area contributed by atoms with Crippen molar-refractivity contribution in [2.24, 2.45) is 0 Å². The quantitative estimate of drug-likeness (QED) is 0.896. The number of rotatable bonds is 3. The van der Waals surface area contributed by atoms with Crippen molar-refractivity contribution >= 4 is 15.9 Å². The van der Waals surface area contributed by atoms with Crippen LogP contribution in [0.2, 0.25) is 0 Å². The Morgan fingerprint density at radius 2 is 2.14 bits per heavy atom. The predicted octanol–water partition coefficient (Wildman–Crippen LogP) is 0.985. The Labute approximate surface area is 129 Å². The van der Waals surface area contributed by atoms with E-state index in [1.165, 1.54) is 13.1 Å². The van der Waals surface area contributed by atoms with Crippen LogP contribution in [-0.2, 0) is 14.8 Å². The largest absolute Gasteiger partial charge is 0.380 e. The minimum atomic E-state index is -3.96. The van der Waals surface area contributed by atoms with E-state index in [-0.39, 0.29) is 17.5 Å². The monoisotopic (exact) mass is 330 g/mol. The highest BCUT2D eigenvalue weighted by molar-refractivity contribution is 7.89. The number of amides is 1. The maximum atomic E-state index is 13.7. The maximum Gasteiger partial charge on any atom is 0.254 e. The van der Waals surface area contributed by atoms with Gasteiger partial charge in [0.15, 0.2) is 0 Å². The van der Waals surface area contributed by atoms with Gasteiger partial charge < -0.3 is 9.64 Å². The Bertz CT molecular complexity index is 663. The van der Waals surface area contributed by atoms with E-state index in [2.05, 4.69) is 4.72 Å². The average molecular weight is 330 g/mol. The fraction of sp³-hybridized carbons (Fsp3) is 0.500. The summed E-state index contributed by atoms with van der Waals surface area (Å²) in [5, 5.41) is 0. The first kappa shape index (κ1) is 16.9. The zero-order chi connectivity index (χ0) is 16.3. The molecule has 0 spiro atoms. The van der Waals surface area contributed by atoms with Crippen LogP contribution in [0.4, 0.5) is 4.39 Å². The van der Waals surface area contributed by atoms with Crippen molar-refractivity contribution in [3.05, 3.63) is 29.6 Å². The number of halogens is 1. The minimum absolute atomic E-state index is 0.0237. The van der Waals surface area contributed by atoms with Gasteiger partial charge in [0.1, 0.15) is 10.7 Å². The molecule has 0 saturated carbocycles. The zero-order valence-corrected chi connectivity index (χ0v) is 13.3. The molecule has 1 N–H and O–H groups in total. The summed E-state index contributed by atoms with van der Waals surface area (Å²) >= 11 is 0. The first-order valence-corrected chi connectivity index (χ1v) is 8.47. The number of hydrogen-bond donors (Lipinski definition) is 1. The van der Waals surface area contributed by atoms with Crippen LogP contribution in [0.3, 0.4) is 0 Å². The van der Waals surface area contributed by atoms with Crippen LogP contribution in [0.5, 0.6) is 0 Å². The van der Waals surface area contributed by atoms with Crippen molar-refractivity contribution in [3.8, 4) is 0 Å². The topological polar surface area (TPSA) is 75.7 Å². The van der Waals surface area contributed by atoms with E-state index >= 15 is 0 Å². The number of benzene rings is 1. The van der Waals surface area contributed by atoms with Gasteiger partial charge in [-0.15, -0.1) is 0 Å². The highest BCUT2D eigenvalue weighted by atomic mass is 32.2. The smallest absolute Gasteiger partial charge is 0.254 e. The molecule has 1 atom stereocenters. The van der Waals surface area contributed by atoms with Crippen molar-refractivity contribution in [2.75, 3.05) is 26.8 Å². The molecule has 1 saturated heterocycles. The molecule has 0 radical (unpaired) electrons. The van der Waals surface area contributed by atoms with Crippen LogP contribution in [-0.4, -0.2) is 52.1 Å². The second-order valence-electron chi connectivity index (χ2n) is 5.10. The second kappa shape index (κ2) is 6.72. The summed E-state index contributed by atoms with van der Waals surface area (Å²) < 4.78 is 44.7. The fourth-order valence-corrected chi connectivity index (χ4v) is 3.14. The van der Waals surface area contributed by atoms with Gasteiger partial charge in [-0.25, -0.2) is 17.5 Å². The van der Waals surface area contributed by atoms with Gasteiger partial charge in [0.05, 0.1) is 6.61 Å². The summed E-state index contributed by atoms with van der Waals surface area (Å²) in [6.07, 6.45) is 0.703. The van der Waals surface area contributed by atoms with Gasteiger partial charge in [-0.1, -0.05) is 0 Å². The van der Waals surface area contributed by atoms with Crippen molar-refractivity contribution in [1.82, 2.24) is 9.62 Å². The van der Waals surface area contributed by atoms with Gasteiger partial charge >= 0.3 is 0 Å².